The number of benzene rings is 1. The highest BCUT2D eigenvalue weighted by molar-refractivity contribution is 9.10. The van der Waals surface area contributed by atoms with Crippen LogP contribution < -0.4 is 11.1 Å². The summed E-state index contributed by atoms with van der Waals surface area (Å²) < 4.78 is 1.09. The third kappa shape index (κ3) is 3.31. The van der Waals surface area contributed by atoms with E-state index in [0.29, 0.717) is 5.82 Å². The van der Waals surface area contributed by atoms with Gasteiger partial charge >= 0.3 is 0 Å². The van der Waals surface area contributed by atoms with E-state index >= 15 is 0 Å². The molecule has 4 heteroatoms. The van der Waals surface area contributed by atoms with Crippen molar-refractivity contribution in [3.63, 3.8) is 0 Å². The first-order valence-electron chi connectivity index (χ1n) is 5.82. The minimum Gasteiger partial charge on any atom is -0.384 e. The number of anilines is 1. The molecule has 1 aromatic carbocycles. The second-order valence-electron chi connectivity index (χ2n) is 4.19. The number of nitrogens with one attached hydrogen (secondary N) is 1. The van der Waals surface area contributed by atoms with Crippen molar-refractivity contribution in [2.75, 3.05) is 12.8 Å². The molecule has 0 radical (unpaired) electrons. The molecular weight excluding hydrogens is 290 g/mol. The molecule has 2 aromatic rings. The van der Waals surface area contributed by atoms with Gasteiger partial charge in [-0.2, -0.15) is 0 Å². The average molecular weight is 306 g/mol. The van der Waals surface area contributed by atoms with E-state index in [1.165, 1.54) is 11.1 Å². The van der Waals surface area contributed by atoms with E-state index in [0.717, 1.165) is 10.9 Å². The molecule has 1 atom stereocenters. The van der Waals surface area contributed by atoms with Crippen LogP contribution in [0, 0.1) is 0 Å². The van der Waals surface area contributed by atoms with Gasteiger partial charge in [0, 0.05) is 16.7 Å². The lowest BCUT2D eigenvalue weighted by atomic mass is 10.00. The first-order chi connectivity index (χ1) is 8.69. The molecule has 1 heterocycles. The highest BCUT2D eigenvalue weighted by Crippen LogP contribution is 2.20. The van der Waals surface area contributed by atoms with Crippen molar-refractivity contribution < 1.29 is 0 Å². The van der Waals surface area contributed by atoms with Gasteiger partial charge in [-0.05, 0) is 48.9 Å². The molecule has 0 amide bonds. The highest BCUT2D eigenvalue weighted by Gasteiger charge is 2.10. The van der Waals surface area contributed by atoms with Crippen molar-refractivity contribution in [3.8, 4) is 0 Å². The van der Waals surface area contributed by atoms with Crippen molar-refractivity contribution in [1.29, 1.82) is 0 Å². The molecule has 0 saturated carbocycles. The maximum absolute atomic E-state index is 5.70. The maximum Gasteiger partial charge on any atom is 0.123 e. The SMILES string of the molecule is CNC(Cc1ccnc(N)c1)c1ccc(Br)cc1. The predicted molar refractivity (Wildman–Crippen MR) is 78.3 cm³/mol. The van der Waals surface area contributed by atoms with E-state index in [-0.39, 0.29) is 6.04 Å². The first kappa shape index (κ1) is 13.1. The molecule has 0 fully saturated rings. The molecule has 3 N–H and O–H groups in total. The van der Waals surface area contributed by atoms with E-state index in [9.17, 15) is 0 Å². The lowest BCUT2D eigenvalue weighted by Gasteiger charge is -2.17. The minimum absolute atomic E-state index is 0.278. The fraction of sp³-hybridized carbons (Fsp3) is 0.214. The van der Waals surface area contributed by atoms with Crippen LogP contribution in [0.4, 0.5) is 5.82 Å². The quantitative estimate of drug-likeness (QED) is 0.913. The lowest BCUT2D eigenvalue weighted by Crippen LogP contribution is -2.18. The van der Waals surface area contributed by atoms with Gasteiger partial charge in [-0.1, -0.05) is 28.1 Å². The molecule has 1 unspecified atom stereocenters. The van der Waals surface area contributed by atoms with Crippen LogP contribution in [0.2, 0.25) is 0 Å². The van der Waals surface area contributed by atoms with E-state index < -0.39 is 0 Å². The Morgan fingerprint density at radius 3 is 2.61 bits per heavy atom. The summed E-state index contributed by atoms with van der Waals surface area (Å²) in [4.78, 5) is 4.01. The molecule has 0 saturated heterocycles. The Morgan fingerprint density at radius 1 is 1.28 bits per heavy atom. The largest absolute Gasteiger partial charge is 0.384 e. The standard InChI is InChI=1S/C14H16BrN3/c1-17-13(11-2-4-12(15)5-3-11)8-10-6-7-18-14(16)9-10/h2-7,9,13,17H,8H2,1H3,(H2,16,18). The van der Waals surface area contributed by atoms with E-state index in [2.05, 4.69) is 50.5 Å². The van der Waals surface area contributed by atoms with Gasteiger partial charge in [0.1, 0.15) is 5.82 Å². The molecule has 1 aromatic heterocycles. The summed E-state index contributed by atoms with van der Waals surface area (Å²) in [6.45, 7) is 0. The fourth-order valence-corrected chi connectivity index (χ4v) is 2.20. The molecule has 0 aliphatic carbocycles. The molecular formula is C14H16BrN3. The first-order valence-corrected chi connectivity index (χ1v) is 6.61. The maximum atomic E-state index is 5.70. The number of hydrogen-bond acceptors (Lipinski definition) is 3. The van der Waals surface area contributed by atoms with E-state index in [1.54, 1.807) is 6.20 Å². The third-order valence-electron chi connectivity index (χ3n) is 2.91. The minimum atomic E-state index is 0.278. The Morgan fingerprint density at radius 2 is 2.00 bits per heavy atom. The second-order valence-corrected chi connectivity index (χ2v) is 5.10. The van der Waals surface area contributed by atoms with Gasteiger partial charge in [0.05, 0.1) is 0 Å². The number of nitrogens with two attached hydrogens (primary N) is 1. The number of rotatable bonds is 4. The van der Waals surface area contributed by atoms with Crippen molar-refractivity contribution >= 4 is 21.7 Å². The Balaban J connectivity index is 2.17. The molecule has 0 aliphatic rings. The van der Waals surface area contributed by atoms with Crippen LogP contribution in [0.25, 0.3) is 0 Å². The highest BCUT2D eigenvalue weighted by atomic mass is 79.9. The second kappa shape index (κ2) is 5.98. The molecule has 2 rings (SSSR count). The fourth-order valence-electron chi connectivity index (χ4n) is 1.94. The molecule has 3 nitrogen and oxygen atoms in total. The Hall–Kier alpha value is -1.39. The van der Waals surface area contributed by atoms with Crippen LogP contribution in [-0.2, 0) is 6.42 Å². The number of aromatic nitrogens is 1. The van der Waals surface area contributed by atoms with Gasteiger partial charge < -0.3 is 11.1 Å². The number of likely N-dealkylation sites (N-methyl/N-ethyl adjacent to an activating group) is 1. The normalized spacial score (nSPS) is 12.3. The summed E-state index contributed by atoms with van der Waals surface area (Å²) in [6, 6.07) is 12.6. The lowest BCUT2D eigenvalue weighted by molar-refractivity contribution is 0.592. The van der Waals surface area contributed by atoms with E-state index in [4.69, 9.17) is 5.73 Å². The Labute approximate surface area is 116 Å². The summed E-state index contributed by atoms with van der Waals surface area (Å²) in [5, 5.41) is 3.33. The van der Waals surface area contributed by atoms with Crippen molar-refractivity contribution in [2.24, 2.45) is 0 Å². The summed E-state index contributed by atoms with van der Waals surface area (Å²) in [5.74, 6) is 0.568. The number of hydrogen-bond donors (Lipinski definition) is 2. The zero-order chi connectivity index (χ0) is 13.0. The van der Waals surface area contributed by atoms with Gasteiger partial charge in [-0.3, -0.25) is 0 Å². The van der Waals surface area contributed by atoms with Crippen molar-refractivity contribution in [2.45, 2.75) is 12.5 Å². The van der Waals surface area contributed by atoms with Gasteiger partial charge in [0.15, 0.2) is 0 Å². The summed E-state index contributed by atoms with van der Waals surface area (Å²) in [6.07, 6.45) is 2.64. The topological polar surface area (TPSA) is 50.9 Å². The zero-order valence-electron chi connectivity index (χ0n) is 10.2. The zero-order valence-corrected chi connectivity index (χ0v) is 11.8. The smallest absolute Gasteiger partial charge is 0.123 e. The number of nitrogens with zero attached hydrogens (tertiary/aromatic N) is 1. The molecule has 94 valence electrons. The van der Waals surface area contributed by atoms with Crippen LogP contribution in [-0.4, -0.2) is 12.0 Å². The third-order valence-corrected chi connectivity index (χ3v) is 3.43. The molecule has 0 aliphatic heterocycles. The summed E-state index contributed by atoms with van der Waals surface area (Å²) in [7, 11) is 1.97. The molecule has 0 bridgehead atoms. The van der Waals surface area contributed by atoms with E-state index in [1.807, 2.05) is 19.2 Å². The van der Waals surface area contributed by atoms with Crippen LogP contribution >= 0.6 is 15.9 Å². The van der Waals surface area contributed by atoms with Crippen LogP contribution in [0.3, 0.4) is 0 Å². The Kier molecular flexibility index (Phi) is 4.33. The summed E-state index contributed by atoms with van der Waals surface area (Å²) >= 11 is 3.45. The van der Waals surface area contributed by atoms with Crippen LogP contribution in [0.5, 0.6) is 0 Å². The number of pyridine rings is 1. The number of nitrogen functional groups attached to an aromatic ring is 1. The van der Waals surface area contributed by atoms with Gasteiger partial charge in [0.25, 0.3) is 0 Å². The monoisotopic (exact) mass is 305 g/mol. The predicted octanol–water partition coefficient (Wildman–Crippen LogP) is 2.93. The number of halogens is 1. The molecule has 0 spiro atoms. The average Bonchev–Trinajstić information content (AvgIpc) is 2.37. The van der Waals surface area contributed by atoms with Gasteiger partial charge in [-0.15, -0.1) is 0 Å². The van der Waals surface area contributed by atoms with Gasteiger partial charge in [-0.25, -0.2) is 4.98 Å². The van der Waals surface area contributed by atoms with Crippen molar-refractivity contribution in [3.05, 3.63) is 58.2 Å². The Bertz CT molecular complexity index is 511. The van der Waals surface area contributed by atoms with Crippen molar-refractivity contribution in [1.82, 2.24) is 10.3 Å². The summed E-state index contributed by atoms with van der Waals surface area (Å²) in [5.41, 5.74) is 8.14. The molecule has 18 heavy (non-hydrogen) atoms. The van der Waals surface area contributed by atoms with Crippen LogP contribution in [0.15, 0.2) is 47.1 Å². The van der Waals surface area contributed by atoms with Crippen LogP contribution in [0.1, 0.15) is 17.2 Å². The van der Waals surface area contributed by atoms with Gasteiger partial charge in [0.2, 0.25) is 0 Å².